The Bertz CT molecular complexity index is 516. The monoisotopic (exact) mass is 349 g/mol. The normalized spacial score (nSPS) is 17.0. The fourth-order valence-corrected chi connectivity index (χ4v) is 2.87. The molecule has 4 nitrogen and oxygen atoms in total. The highest BCUT2D eigenvalue weighted by molar-refractivity contribution is 6.44. The maximum absolute atomic E-state index is 12.1. The van der Waals surface area contributed by atoms with Crippen molar-refractivity contribution in [3.63, 3.8) is 0 Å². The van der Waals surface area contributed by atoms with Crippen LogP contribution in [0.25, 0.3) is 0 Å². The van der Waals surface area contributed by atoms with Crippen LogP contribution in [0.15, 0.2) is 12.1 Å². The number of piperazine rings is 1. The van der Waals surface area contributed by atoms with E-state index in [1.54, 1.807) is 6.07 Å². The Balaban J connectivity index is 1.89. The molecule has 1 aromatic carbocycles. The Morgan fingerprint density at radius 2 is 1.62 bits per heavy atom. The Kier molecular flexibility index (Phi) is 6.14. The molecule has 1 aromatic rings. The summed E-state index contributed by atoms with van der Waals surface area (Å²) in [7, 11) is 0. The van der Waals surface area contributed by atoms with Gasteiger partial charge < -0.3 is 10.2 Å². The molecule has 0 spiro atoms. The van der Waals surface area contributed by atoms with Crippen LogP contribution in [0.4, 0.5) is 5.69 Å². The lowest BCUT2D eigenvalue weighted by molar-refractivity contribution is -0.117. The van der Waals surface area contributed by atoms with Gasteiger partial charge in [0, 0.05) is 26.2 Å². The summed E-state index contributed by atoms with van der Waals surface area (Å²) in [5.41, 5.74) is 0.489. The topological polar surface area (TPSA) is 35.6 Å². The minimum Gasteiger partial charge on any atom is -0.324 e. The summed E-state index contributed by atoms with van der Waals surface area (Å²) in [6, 6.07) is 3.10. The number of carbonyl (C=O) groups excluding carboxylic acids is 1. The number of carbonyl (C=O) groups is 1. The van der Waals surface area contributed by atoms with E-state index < -0.39 is 0 Å². The number of nitrogens with one attached hydrogen (secondary N) is 1. The molecule has 0 saturated carbocycles. The average Bonchev–Trinajstić information content (AvgIpc) is 2.45. The summed E-state index contributed by atoms with van der Waals surface area (Å²) in [6.45, 7) is 7.35. The van der Waals surface area contributed by atoms with E-state index in [1.807, 2.05) is 0 Å². The number of anilines is 1. The molecule has 1 heterocycles. The summed E-state index contributed by atoms with van der Waals surface area (Å²) < 4.78 is 0. The predicted octanol–water partition coefficient (Wildman–Crippen LogP) is 3.22. The van der Waals surface area contributed by atoms with Crippen LogP contribution < -0.4 is 5.32 Å². The standard InChI is InChI=1S/C14H18Cl3N3O/c1-2-19-3-5-20(6-4-19)9-14(21)18-13-8-11(16)10(15)7-12(13)17/h7-8H,2-6,9H2,1H3,(H,18,21). The number of halogens is 3. The third-order valence-electron chi connectivity index (χ3n) is 3.56. The van der Waals surface area contributed by atoms with E-state index in [2.05, 4.69) is 22.0 Å². The fourth-order valence-electron chi connectivity index (χ4n) is 2.27. The Labute approximate surface area is 139 Å². The van der Waals surface area contributed by atoms with Crippen LogP contribution in [-0.4, -0.2) is 55.0 Å². The van der Waals surface area contributed by atoms with Crippen molar-refractivity contribution in [2.45, 2.75) is 6.92 Å². The van der Waals surface area contributed by atoms with Crippen LogP contribution in [0.5, 0.6) is 0 Å². The first-order valence-corrected chi connectivity index (χ1v) is 8.02. The molecular weight excluding hydrogens is 333 g/mol. The first-order valence-electron chi connectivity index (χ1n) is 6.88. The molecule has 21 heavy (non-hydrogen) atoms. The zero-order valence-electron chi connectivity index (χ0n) is 11.8. The molecule has 0 atom stereocenters. The summed E-state index contributed by atoms with van der Waals surface area (Å²) in [5, 5.41) is 3.90. The van der Waals surface area contributed by atoms with Crippen molar-refractivity contribution in [1.29, 1.82) is 0 Å². The van der Waals surface area contributed by atoms with Crippen LogP contribution in [-0.2, 0) is 4.79 Å². The van der Waals surface area contributed by atoms with Crippen molar-refractivity contribution in [1.82, 2.24) is 9.80 Å². The van der Waals surface area contributed by atoms with E-state index >= 15 is 0 Å². The van der Waals surface area contributed by atoms with Gasteiger partial charge in [-0.15, -0.1) is 0 Å². The maximum atomic E-state index is 12.1. The molecular formula is C14H18Cl3N3O. The zero-order chi connectivity index (χ0) is 15.4. The summed E-state index contributed by atoms with van der Waals surface area (Å²) >= 11 is 17.8. The molecule has 0 radical (unpaired) electrons. The minimum absolute atomic E-state index is 0.0970. The number of hydrogen-bond acceptors (Lipinski definition) is 3. The molecule has 0 aromatic heterocycles. The van der Waals surface area contributed by atoms with Crippen LogP contribution in [0.1, 0.15) is 6.92 Å². The summed E-state index contributed by atoms with van der Waals surface area (Å²) in [4.78, 5) is 16.6. The van der Waals surface area contributed by atoms with Gasteiger partial charge >= 0.3 is 0 Å². The van der Waals surface area contributed by atoms with E-state index in [1.165, 1.54) is 6.07 Å². The summed E-state index contributed by atoms with van der Waals surface area (Å²) in [5.74, 6) is -0.0970. The van der Waals surface area contributed by atoms with Crippen LogP contribution >= 0.6 is 34.8 Å². The average molecular weight is 351 g/mol. The first kappa shape index (κ1) is 16.8. The lowest BCUT2D eigenvalue weighted by Gasteiger charge is -2.33. The van der Waals surface area contributed by atoms with Crippen molar-refractivity contribution in [2.75, 3.05) is 44.6 Å². The van der Waals surface area contributed by atoms with Gasteiger partial charge in [0.1, 0.15) is 0 Å². The van der Waals surface area contributed by atoms with Gasteiger partial charge in [0.2, 0.25) is 5.91 Å². The molecule has 0 aliphatic carbocycles. The van der Waals surface area contributed by atoms with Gasteiger partial charge in [-0.1, -0.05) is 41.7 Å². The fraction of sp³-hybridized carbons (Fsp3) is 0.500. The van der Waals surface area contributed by atoms with Gasteiger partial charge in [-0.05, 0) is 18.7 Å². The molecule has 116 valence electrons. The van der Waals surface area contributed by atoms with Crippen molar-refractivity contribution in [3.8, 4) is 0 Å². The number of amides is 1. The van der Waals surface area contributed by atoms with Gasteiger partial charge in [0.25, 0.3) is 0 Å². The van der Waals surface area contributed by atoms with E-state index in [9.17, 15) is 4.79 Å². The molecule has 1 amide bonds. The SMILES string of the molecule is CCN1CCN(CC(=O)Nc2cc(Cl)c(Cl)cc2Cl)CC1. The maximum Gasteiger partial charge on any atom is 0.238 e. The lowest BCUT2D eigenvalue weighted by Crippen LogP contribution is -2.48. The van der Waals surface area contributed by atoms with Crippen molar-refractivity contribution in [2.24, 2.45) is 0 Å². The molecule has 0 unspecified atom stereocenters. The number of benzene rings is 1. The van der Waals surface area contributed by atoms with E-state index in [0.717, 1.165) is 32.7 Å². The Hall–Kier alpha value is -0.520. The van der Waals surface area contributed by atoms with Gasteiger partial charge in [0.15, 0.2) is 0 Å². The quantitative estimate of drug-likeness (QED) is 0.847. The lowest BCUT2D eigenvalue weighted by atomic mass is 10.3. The highest BCUT2D eigenvalue weighted by atomic mass is 35.5. The third kappa shape index (κ3) is 4.73. The second-order valence-corrected chi connectivity index (χ2v) is 6.23. The van der Waals surface area contributed by atoms with Crippen LogP contribution in [0.3, 0.4) is 0 Å². The van der Waals surface area contributed by atoms with E-state index in [-0.39, 0.29) is 5.91 Å². The van der Waals surface area contributed by atoms with E-state index in [4.69, 9.17) is 34.8 Å². The smallest absolute Gasteiger partial charge is 0.238 e. The second-order valence-electron chi connectivity index (χ2n) is 5.00. The predicted molar refractivity (Wildman–Crippen MR) is 88.7 cm³/mol. The molecule has 2 rings (SSSR count). The van der Waals surface area contributed by atoms with Crippen LogP contribution in [0.2, 0.25) is 15.1 Å². The molecule has 1 N–H and O–H groups in total. The van der Waals surface area contributed by atoms with Gasteiger partial charge in [-0.25, -0.2) is 0 Å². The van der Waals surface area contributed by atoms with Gasteiger partial charge in [-0.3, -0.25) is 9.69 Å². The number of rotatable bonds is 4. The number of hydrogen-bond donors (Lipinski definition) is 1. The van der Waals surface area contributed by atoms with Crippen LogP contribution in [0, 0.1) is 0 Å². The number of likely N-dealkylation sites (N-methyl/N-ethyl adjacent to an activating group) is 1. The minimum atomic E-state index is -0.0970. The first-order chi connectivity index (χ1) is 9.99. The largest absolute Gasteiger partial charge is 0.324 e. The molecule has 1 aliphatic rings. The van der Waals surface area contributed by atoms with Crippen molar-refractivity contribution < 1.29 is 4.79 Å². The Morgan fingerprint density at radius 1 is 1.05 bits per heavy atom. The molecule has 0 bridgehead atoms. The highest BCUT2D eigenvalue weighted by Gasteiger charge is 2.18. The van der Waals surface area contributed by atoms with Crippen molar-refractivity contribution >= 4 is 46.4 Å². The molecule has 1 fully saturated rings. The number of nitrogens with zero attached hydrogens (tertiary/aromatic N) is 2. The molecule has 1 aliphatic heterocycles. The molecule has 1 saturated heterocycles. The molecule has 7 heteroatoms. The van der Waals surface area contributed by atoms with Gasteiger partial charge in [0.05, 0.1) is 27.3 Å². The highest BCUT2D eigenvalue weighted by Crippen LogP contribution is 2.32. The van der Waals surface area contributed by atoms with Gasteiger partial charge in [-0.2, -0.15) is 0 Å². The zero-order valence-corrected chi connectivity index (χ0v) is 14.1. The Morgan fingerprint density at radius 3 is 2.24 bits per heavy atom. The van der Waals surface area contributed by atoms with Crippen molar-refractivity contribution in [3.05, 3.63) is 27.2 Å². The second kappa shape index (κ2) is 7.65. The summed E-state index contributed by atoms with van der Waals surface area (Å²) in [6.07, 6.45) is 0. The third-order valence-corrected chi connectivity index (χ3v) is 4.60. The van der Waals surface area contributed by atoms with E-state index in [0.29, 0.717) is 27.3 Å².